The molecule has 0 spiro atoms. The zero-order valence-electron chi connectivity index (χ0n) is 10.6. The Morgan fingerprint density at radius 2 is 2.17 bits per heavy atom. The van der Waals surface area contributed by atoms with Crippen molar-refractivity contribution in [3.8, 4) is 0 Å². The number of carbonyl (C=O) groups is 2. The third-order valence-corrected chi connectivity index (χ3v) is 3.47. The Morgan fingerprint density at radius 3 is 2.83 bits per heavy atom. The smallest absolute Gasteiger partial charge is 0.306 e. The van der Waals surface area contributed by atoms with Gasteiger partial charge >= 0.3 is 5.97 Å². The Bertz CT molecular complexity index is 496. The lowest BCUT2D eigenvalue weighted by atomic mass is 9.93. The molecule has 0 bridgehead atoms. The second-order valence-electron chi connectivity index (χ2n) is 4.82. The van der Waals surface area contributed by atoms with E-state index in [-0.39, 0.29) is 5.91 Å². The summed E-state index contributed by atoms with van der Waals surface area (Å²) >= 11 is 0. The van der Waals surface area contributed by atoms with E-state index in [9.17, 15) is 9.59 Å². The number of amides is 1. The molecule has 0 radical (unpaired) electrons. The summed E-state index contributed by atoms with van der Waals surface area (Å²) < 4.78 is 0. The van der Waals surface area contributed by atoms with Crippen molar-refractivity contribution in [3.63, 3.8) is 0 Å². The number of aliphatic carboxylic acids is 1. The quantitative estimate of drug-likeness (QED) is 0.887. The van der Waals surface area contributed by atoms with E-state index in [1.807, 2.05) is 18.2 Å². The van der Waals surface area contributed by atoms with Gasteiger partial charge in [0, 0.05) is 19.2 Å². The van der Waals surface area contributed by atoms with Gasteiger partial charge in [-0.3, -0.25) is 9.59 Å². The van der Waals surface area contributed by atoms with Crippen LogP contribution < -0.4 is 4.90 Å². The number of aryl methyl sites for hydroxylation is 1. The molecule has 0 aromatic heterocycles. The second-order valence-corrected chi connectivity index (χ2v) is 4.82. The van der Waals surface area contributed by atoms with Crippen molar-refractivity contribution >= 4 is 17.6 Å². The van der Waals surface area contributed by atoms with Gasteiger partial charge in [-0.1, -0.05) is 25.1 Å². The molecule has 1 aromatic carbocycles. The molecule has 4 nitrogen and oxygen atoms in total. The predicted octanol–water partition coefficient (Wildman–Crippen LogP) is 1.86. The lowest BCUT2D eigenvalue weighted by Gasteiger charge is -2.28. The lowest BCUT2D eigenvalue weighted by molar-refractivity contribution is -0.141. The van der Waals surface area contributed by atoms with Gasteiger partial charge in [0.1, 0.15) is 0 Å². The van der Waals surface area contributed by atoms with Crippen LogP contribution in [0.4, 0.5) is 5.69 Å². The summed E-state index contributed by atoms with van der Waals surface area (Å²) in [6, 6.07) is 5.85. The van der Waals surface area contributed by atoms with Gasteiger partial charge < -0.3 is 10.0 Å². The minimum atomic E-state index is -0.808. The molecule has 96 valence electrons. The van der Waals surface area contributed by atoms with Gasteiger partial charge in [-0.2, -0.15) is 0 Å². The van der Waals surface area contributed by atoms with Crippen molar-refractivity contribution in [3.05, 3.63) is 29.3 Å². The largest absolute Gasteiger partial charge is 0.481 e. The number of hydrogen-bond donors (Lipinski definition) is 1. The summed E-state index contributed by atoms with van der Waals surface area (Å²) in [6.45, 7) is 1.69. The number of benzene rings is 1. The van der Waals surface area contributed by atoms with E-state index >= 15 is 0 Å². The van der Waals surface area contributed by atoms with Gasteiger partial charge in [-0.05, 0) is 24.0 Å². The summed E-state index contributed by atoms with van der Waals surface area (Å²) in [5.41, 5.74) is 2.98. The molecule has 0 saturated heterocycles. The van der Waals surface area contributed by atoms with E-state index in [1.165, 1.54) is 0 Å². The molecule has 0 aliphatic carbocycles. The Labute approximate surface area is 106 Å². The van der Waals surface area contributed by atoms with Crippen LogP contribution in [0.15, 0.2) is 18.2 Å². The molecule has 2 rings (SSSR count). The maximum absolute atomic E-state index is 11.7. The van der Waals surface area contributed by atoms with Crippen LogP contribution in [0.25, 0.3) is 0 Å². The number of fused-ring (bicyclic) bond motifs is 1. The molecule has 1 unspecified atom stereocenters. The molecule has 1 amide bonds. The van der Waals surface area contributed by atoms with Crippen LogP contribution >= 0.6 is 0 Å². The van der Waals surface area contributed by atoms with Gasteiger partial charge in [0.15, 0.2) is 0 Å². The zero-order valence-corrected chi connectivity index (χ0v) is 10.6. The third-order valence-electron chi connectivity index (χ3n) is 3.47. The molecule has 0 saturated carbocycles. The second kappa shape index (κ2) is 4.80. The SMILES string of the molecule is CC(Cc1cccc2c1N(C)C(=O)CC2)C(=O)O. The molecule has 1 aromatic rings. The van der Waals surface area contributed by atoms with Crippen LogP contribution in [0.3, 0.4) is 0 Å². The monoisotopic (exact) mass is 247 g/mol. The van der Waals surface area contributed by atoms with E-state index in [0.29, 0.717) is 12.8 Å². The third kappa shape index (κ3) is 2.23. The maximum Gasteiger partial charge on any atom is 0.306 e. The van der Waals surface area contributed by atoms with Crippen LogP contribution in [0, 0.1) is 5.92 Å². The van der Waals surface area contributed by atoms with E-state index in [1.54, 1.807) is 18.9 Å². The first-order chi connectivity index (χ1) is 8.50. The van der Waals surface area contributed by atoms with Crippen LogP contribution in [0.2, 0.25) is 0 Å². The number of hydrogen-bond acceptors (Lipinski definition) is 2. The van der Waals surface area contributed by atoms with E-state index in [4.69, 9.17) is 5.11 Å². The molecule has 1 aliphatic rings. The summed E-state index contributed by atoms with van der Waals surface area (Å²) in [5.74, 6) is -1.16. The van der Waals surface area contributed by atoms with Crippen molar-refractivity contribution in [1.82, 2.24) is 0 Å². The molecular weight excluding hydrogens is 230 g/mol. The van der Waals surface area contributed by atoms with Crippen molar-refractivity contribution < 1.29 is 14.7 Å². The van der Waals surface area contributed by atoms with Crippen LogP contribution in [-0.4, -0.2) is 24.0 Å². The van der Waals surface area contributed by atoms with Gasteiger partial charge in [-0.25, -0.2) is 0 Å². The average molecular weight is 247 g/mol. The first-order valence-corrected chi connectivity index (χ1v) is 6.11. The van der Waals surface area contributed by atoms with Crippen molar-refractivity contribution in [2.24, 2.45) is 5.92 Å². The average Bonchev–Trinajstić information content (AvgIpc) is 2.34. The number of nitrogens with zero attached hydrogens (tertiary/aromatic N) is 1. The molecule has 1 heterocycles. The van der Waals surface area contributed by atoms with Gasteiger partial charge in [0.25, 0.3) is 0 Å². The van der Waals surface area contributed by atoms with Gasteiger partial charge in [-0.15, -0.1) is 0 Å². The highest BCUT2D eigenvalue weighted by Gasteiger charge is 2.24. The molecular formula is C14H17NO3. The topological polar surface area (TPSA) is 57.6 Å². The van der Waals surface area contributed by atoms with Gasteiger partial charge in [0.2, 0.25) is 5.91 Å². The highest BCUT2D eigenvalue weighted by Crippen LogP contribution is 2.31. The van der Waals surface area contributed by atoms with E-state index in [0.717, 1.165) is 23.2 Å². The normalized spacial score (nSPS) is 16.3. The number of carboxylic acid groups (broad SMARTS) is 1. The Morgan fingerprint density at radius 1 is 1.44 bits per heavy atom. The van der Waals surface area contributed by atoms with Crippen molar-refractivity contribution in [2.45, 2.75) is 26.2 Å². The number of carbonyl (C=O) groups excluding carboxylic acids is 1. The Kier molecular flexibility index (Phi) is 3.36. The number of para-hydroxylation sites is 1. The van der Waals surface area contributed by atoms with Crippen LogP contribution in [0.5, 0.6) is 0 Å². The minimum absolute atomic E-state index is 0.0953. The number of anilines is 1. The van der Waals surface area contributed by atoms with Crippen LogP contribution in [0.1, 0.15) is 24.5 Å². The molecule has 1 aliphatic heterocycles. The Balaban J connectivity index is 2.37. The lowest BCUT2D eigenvalue weighted by Crippen LogP contribution is -2.32. The molecule has 4 heteroatoms. The highest BCUT2D eigenvalue weighted by molar-refractivity contribution is 5.96. The predicted molar refractivity (Wildman–Crippen MR) is 68.7 cm³/mol. The minimum Gasteiger partial charge on any atom is -0.481 e. The summed E-state index contributed by atoms with van der Waals surface area (Å²) in [4.78, 5) is 24.3. The molecule has 1 N–H and O–H groups in total. The summed E-state index contributed by atoms with van der Waals surface area (Å²) in [7, 11) is 1.76. The molecule has 0 fully saturated rings. The standard InChI is InChI=1S/C14H17NO3/c1-9(14(17)18)8-11-5-3-4-10-6-7-12(16)15(2)13(10)11/h3-5,9H,6-8H2,1-2H3,(H,17,18). The Hall–Kier alpha value is -1.84. The van der Waals surface area contributed by atoms with Crippen LogP contribution in [-0.2, 0) is 22.4 Å². The maximum atomic E-state index is 11.7. The first kappa shape index (κ1) is 12.6. The molecule has 18 heavy (non-hydrogen) atoms. The fourth-order valence-electron chi connectivity index (χ4n) is 2.39. The van der Waals surface area contributed by atoms with E-state index in [2.05, 4.69) is 0 Å². The van der Waals surface area contributed by atoms with Crippen molar-refractivity contribution in [2.75, 3.05) is 11.9 Å². The zero-order chi connectivity index (χ0) is 13.3. The van der Waals surface area contributed by atoms with Gasteiger partial charge in [0.05, 0.1) is 5.92 Å². The van der Waals surface area contributed by atoms with E-state index < -0.39 is 11.9 Å². The summed E-state index contributed by atoms with van der Waals surface area (Å²) in [5, 5.41) is 8.98. The fourth-order valence-corrected chi connectivity index (χ4v) is 2.39. The highest BCUT2D eigenvalue weighted by atomic mass is 16.4. The number of rotatable bonds is 3. The first-order valence-electron chi connectivity index (χ1n) is 6.11. The molecule has 1 atom stereocenters. The fraction of sp³-hybridized carbons (Fsp3) is 0.429. The summed E-state index contributed by atoms with van der Waals surface area (Å²) in [6.07, 6.45) is 1.73. The van der Waals surface area contributed by atoms with Crippen molar-refractivity contribution in [1.29, 1.82) is 0 Å². The number of carboxylic acids is 1.